The highest BCUT2D eigenvalue weighted by Gasteiger charge is 2.33. The third-order valence-corrected chi connectivity index (χ3v) is 2.76. The third kappa shape index (κ3) is 2.38. The van der Waals surface area contributed by atoms with Crippen LogP contribution in [0.4, 0.5) is 10.5 Å². The maximum Gasteiger partial charge on any atom is 0.322 e. The Morgan fingerprint density at radius 3 is 3.00 bits per heavy atom. The number of amides is 2. The molecule has 1 aliphatic heterocycles. The second kappa shape index (κ2) is 4.45. The molecule has 0 saturated carbocycles. The molecule has 0 radical (unpaired) electrons. The van der Waals surface area contributed by atoms with Gasteiger partial charge in [-0.25, -0.2) is 4.79 Å². The van der Waals surface area contributed by atoms with Gasteiger partial charge in [0.2, 0.25) is 0 Å². The average Bonchev–Trinajstić information content (AvgIpc) is 2.59. The monoisotopic (exact) mass is 234 g/mol. The Morgan fingerprint density at radius 2 is 2.35 bits per heavy atom. The fourth-order valence-corrected chi connectivity index (χ4v) is 2.02. The van der Waals surface area contributed by atoms with Gasteiger partial charge in [0.15, 0.2) is 0 Å². The van der Waals surface area contributed by atoms with Crippen molar-refractivity contribution in [1.29, 1.82) is 0 Å². The Hall–Kier alpha value is -2.04. The maximum absolute atomic E-state index is 11.7. The molecule has 17 heavy (non-hydrogen) atoms. The quantitative estimate of drug-likeness (QED) is 0.829. The molecule has 90 valence electrons. The van der Waals surface area contributed by atoms with Crippen molar-refractivity contribution >= 4 is 17.7 Å². The molecule has 1 aliphatic rings. The summed E-state index contributed by atoms with van der Waals surface area (Å²) in [5.41, 5.74) is 1.78. The molecular formula is C12H14N2O3. The summed E-state index contributed by atoms with van der Waals surface area (Å²) in [6.45, 7) is 2.31. The molecule has 0 spiro atoms. The normalized spacial score (nSPS) is 19.2. The van der Waals surface area contributed by atoms with E-state index in [-0.39, 0.29) is 18.5 Å². The largest absolute Gasteiger partial charge is 0.481 e. The molecule has 2 amide bonds. The van der Waals surface area contributed by atoms with Crippen LogP contribution in [0.25, 0.3) is 0 Å². The first-order valence-corrected chi connectivity index (χ1v) is 5.43. The minimum atomic E-state index is -0.899. The van der Waals surface area contributed by atoms with E-state index in [1.54, 1.807) is 0 Å². The van der Waals surface area contributed by atoms with Gasteiger partial charge in [0.25, 0.3) is 0 Å². The van der Waals surface area contributed by atoms with Crippen molar-refractivity contribution in [2.45, 2.75) is 19.4 Å². The van der Waals surface area contributed by atoms with E-state index in [9.17, 15) is 9.59 Å². The second-order valence-corrected chi connectivity index (χ2v) is 4.15. The lowest BCUT2D eigenvalue weighted by Gasteiger charge is -2.22. The van der Waals surface area contributed by atoms with Gasteiger partial charge >= 0.3 is 12.0 Å². The molecule has 1 aromatic carbocycles. The van der Waals surface area contributed by atoms with Gasteiger partial charge in [-0.05, 0) is 24.6 Å². The fraction of sp³-hybridized carbons (Fsp3) is 0.333. The Kier molecular flexibility index (Phi) is 2.99. The van der Waals surface area contributed by atoms with Gasteiger partial charge in [-0.1, -0.05) is 12.1 Å². The Bertz CT molecular complexity index is 459. The van der Waals surface area contributed by atoms with Crippen LogP contribution in [0.3, 0.4) is 0 Å². The molecule has 2 N–H and O–H groups in total. The van der Waals surface area contributed by atoms with Crippen molar-refractivity contribution in [3.8, 4) is 0 Å². The number of hydrogen-bond donors (Lipinski definition) is 2. The van der Waals surface area contributed by atoms with E-state index in [1.807, 2.05) is 31.2 Å². The molecular weight excluding hydrogens is 220 g/mol. The van der Waals surface area contributed by atoms with E-state index in [0.717, 1.165) is 11.3 Å². The van der Waals surface area contributed by atoms with Gasteiger partial charge in [-0.2, -0.15) is 0 Å². The number of carboxylic acid groups (broad SMARTS) is 1. The smallest absolute Gasteiger partial charge is 0.322 e. The van der Waals surface area contributed by atoms with Crippen LogP contribution in [-0.4, -0.2) is 29.7 Å². The molecule has 0 bridgehead atoms. The SMILES string of the molecule is Cc1cccc(N2C(=O)NCC2CC(=O)O)c1. The van der Waals surface area contributed by atoms with Gasteiger partial charge in [-0.3, -0.25) is 9.69 Å². The number of hydrogen-bond acceptors (Lipinski definition) is 2. The van der Waals surface area contributed by atoms with Gasteiger partial charge < -0.3 is 10.4 Å². The molecule has 0 aromatic heterocycles. The number of anilines is 1. The highest BCUT2D eigenvalue weighted by Crippen LogP contribution is 2.22. The standard InChI is InChI=1S/C12H14N2O3/c1-8-3-2-4-9(5-8)14-10(6-11(15)16)7-13-12(14)17/h2-5,10H,6-7H2,1H3,(H,13,17)(H,15,16). The van der Waals surface area contributed by atoms with E-state index >= 15 is 0 Å². The summed E-state index contributed by atoms with van der Waals surface area (Å²) < 4.78 is 0. The van der Waals surface area contributed by atoms with Crippen LogP contribution in [-0.2, 0) is 4.79 Å². The van der Waals surface area contributed by atoms with E-state index in [0.29, 0.717) is 6.54 Å². The van der Waals surface area contributed by atoms with Crippen LogP contribution in [0, 0.1) is 6.92 Å². The summed E-state index contributed by atoms with van der Waals surface area (Å²) in [6, 6.07) is 6.92. The highest BCUT2D eigenvalue weighted by atomic mass is 16.4. The number of carboxylic acids is 1. The Morgan fingerprint density at radius 1 is 1.59 bits per heavy atom. The predicted molar refractivity (Wildman–Crippen MR) is 63.1 cm³/mol. The lowest BCUT2D eigenvalue weighted by molar-refractivity contribution is -0.137. The molecule has 1 unspecified atom stereocenters. The van der Waals surface area contributed by atoms with Gasteiger partial charge in [-0.15, -0.1) is 0 Å². The lowest BCUT2D eigenvalue weighted by atomic mass is 10.1. The second-order valence-electron chi connectivity index (χ2n) is 4.15. The minimum Gasteiger partial charge on any atom is -0.481 e. The fourth-order valence-electron chi connectivity index (χ4n) is 2.02. The molecule has 5 nitrogen and oxygen atoms in total. The summed E-state index contributed by atoms with van der Waals surface area (Å²) in [5.74, 6) is -0.899. The first-order valence-electron chi connectivity index (χ1n) is 5.43. The van der Waals surface area contributed by atoms with Crippen molar-refractivity contribution in [1.82, 2.24) is 5.32 Å². The number of aliphatic carboxylic acids is 1. The Labute approximate surface area is 99.0 Å². The predicted octanol–water partition coefficient (Wildman–Crippen LogP) is 1.37. The molecule has 5 heteroatoms. The molecule has 1 fully saturated rings. The van der Waals surface area contributed by atoms with Crippen molar-refractivity contribution in [2.75, 3.05) is 11.4 Å². The zero-order valence-electron chi connectivity index (χ0n) is 9.51. The van der Waals surface area contributed by atoms with Gasteiger partial charge in [0, 0.05) is 12.2 Å². The number of benzene rings is 1. The molecule has 2 rings (SSSR count). The number of carbonyl (C=O) groups is 2. The van der Waals surface area contributed by atoms with Gasteiger partial charge in [0.1, 0.15) is 0 Å². The molecule has 0 aliphatic carbocycles. The number of nitrogens with zero attached hydrogens (tertiary/aromatic N) is 1. The first-order chi connectivity index (χ1) is 8.08. The van der Waals surface area contributed by atoms with Crippen LogP contribution >= 0.6 is 0 Å². The van der Waals surface area contributed by atoms with E-state index < -0.39 is 5.97 Å². The molecule has 1 heterocycles. The maximum atomic E-state index is 11.7. The number of carbonyl (C=O) groups excluding carboxylic acids is 1. The van der Waals surface area contributed by atoms with E-state index in [2.05, 4.69) is 5.32 Å². The number of rotatable bonds is 3. The summed E-state index contributed by atoms with van der Waals surface area (Å²) >= 11 is 0. The molecule has 1 atom stereocenters. The van der Waals surface area contributed by atoms with Crippen LogP contribution in [0.1, 0.15) is 12.0 Å². The molecule has 1 aromatic rings. The van der Waals surface area contributed by atoms with Crippen LogP contribution in [0.2, 0.25) is 0 Å². The van der Waals surface area contributed by atoms with Crippen molar-refractivity contribution < 1.29 is 14.7 Å². The average molecular weight is 234 g/mol. The topological polar surface area (TPSA) is 69.6 Å². The number of aryl methyl sites for hydroxylation is 1. The van der Waals surface area contributed by atoms with Crippen LogP contribution in [0.5, 0.6) is 0 Å². The molecule has 1 saturated heterocycles. The summed E-state index contributed by atoms with van der Waals surface area (Å²) in [4.78, 5) is 24.0. The summed E-state index contributed by atoms with van der Waals surface area (Å²) in [7, 11) is 0. The zero-order chi connectivity index (χ0) is 12.4. The summed E-state index contributed by atoms with van der Waals surface area (Å²) in [6.07, 6.45) is -0.0489. The number of nitrogens with one attached hydrogen (secondary N) is 1. The van der Waals surface area contributed by atoms with Crippen LogP contribution < -0.4 is 10.2 Å². The first kappa shape index (κ1) is 11.4. The summed E-state index contributed by atoms with van der Waals surface area (Å²) in [5, 5.41) is 11.5. The van der Waals surface area contributed by atoms with Crippen molar-refractivity contribution in [3.05, 3.63) is 29.8 Å². The van der Waals surface area contributed by atoms with Crippen molar-refractivity contribution in [2.24, 2.45) is 0 Å². The zero-order valence-corrected chi connectivity index (χ0v) is 9.51. The van der Waals surface area contributed by atoms with Crippen molar-refractivity contribution in [3.63, 3.8) is 0 Å². The van der Waals surface area contributed by atoms with E-state index in [4.69, 9.17) is 5.11 Å². The highest BCUT2D eigenvalue weighted by molar-refractivity contribution is 5.95. The van der Waals surface area contributed by atoms with Gasteiger partial charge in [0.05, 0.1) is 12.5 Å². The third-order valence-electron chi connectivity index (χ3n) is 2.76. The van der Waals surface area contributed by atoms with Crippen LogP contribution in [0.15, 0.2) is 24.3 Å². The minimum absolute atomic E-state index is 0.0489. The lowest BCUT2D eigenvalue weighted by Crippen LogP contribution is -2.35. The van der Waals surface area contributed by atoms with E-state index in [1.165, 1.54) is 4.90 Å². The number of urea groups is 1. The Balaban J connectivity index is 2.27.